The fraction of sp³-hybridized carbons (Fsp3) is 0.571. The molecule has 1 nitrogen and oxygen atoms in total. The van der Waals surface area contributed by atoms with E-state index in [0.717, 1.165) is 18.7 Å². The van der Waals surface area contributed by atoms with Gasteiger partial charge in [-0.05, 0) is 50.9 Å². The minimum atomic E-state index is -1.24. The predicted octanol–water partition coefficient (Wildman–Crippen LogP) is 3.31. The highest BCUT2D eigenvalue weighted by Crippen LogP contribution is 2.30. The van der Waals surface area contributed by atoms with Gasteiger partial charge in [-0.3, -0.25) is 0 Å². The van der Waals surface area contributed by atoms with Gasteiger partial charge in [0, 0.05) is 6.54 Å². The fourth-order valence-electron chi connectivity index (χ4n) is 2.37. The van der Waals surface area contributed by atoms with Gasteiger partial charge in [0.25, 0.3) is 0 Å². The SMILES string of the molecule is CN1CCC(c2cccc(C(C)(C)F)c2)C1. The fourth-order valence-corrected chi connectivity index (χ4v) is 2.37. The molecule has 2 rings (SSSR count). The molecule has 0 spiro atoms. The van der Waals surface area contributed by atoms with Crippen molar-refractivity contribution in [2.45, 2.75) is 31.9 Å². The van der Waals surface area contributed by atoms with Gasteiger partial charge in [-0.1, -0.05) is 24.3 Å². The number of hydrogen-bond donors (Lipinski definition) is 0. The molecule has 2 heteroatoms. The van der Waals surface area contributed by atoms with E-state index >= 15 is 0 Å². The van der Waals surface area contributed by atoms with E-state index in [0.29, 0.717) is 5.92 Å². The number of rotatable bonds is 2. The summed E-state index contributed by atoms with van der Waals surface area (Å²) in [6.45, 7) is 5.48. The van der Waals surface area contributed by atoms with Crippen LogP contribution in [0.2, 0.25) is 0 Å². The molecule has 1 aromatic carbocycles. The van der Waals surface area contributed by atoms with Gasteiger partial charge < -0.3 is 4.90 Å². The van der Waals surface area contributed by atoms with Crippen LogP contribution >= 0.6 is 0 Å². The highest BCUT2D eigenvalue weighted by atomic mass is 19.1. The van der Waals surface area contributed by atoms with Gasteiger partial charge in [-0.15, -0.1) is 0 Å². The second kappa shape index (κ2) is 4.17. The lowest BCUT2D eigenvalue weighted by molar-refractivity contribution is 0.221. The number of halogens is 1. The van der Waals surface area contributed by atoms with Crippen LogP contribution in [0.1, 0.15) is 37.3 Å². The van der Waals surface area contributed by atoms with Crippen LogP contribution in [0.3, 0.4) is 0 Å². The van der Waals surface area contributed by atoms with Crippen LogP contribution in [-0.4, -0.2) is 25.0 Å². The first-order valence-corrected chi connectivity index (χ1v) is 5.95. The second-order valence-corrected chi connectivity index (χ2v) is 5.35. The van der Waals surface area contributed by atoms with Crippen molar-refractivity contribution in [2.75, 3.05) is 20.1 Å². The zero-order chi connectivity index (χ0) is 11.8. The van der Waals surface area contributed by atoms with Crippen molar-refractivity contribution in [1.82, 2.24) is 4.90 Å². The van der Waals surface area contributed by atoms with Crippen molar-refractivity contribution in [3.8, 4) is 0 Å². The molecule has 0 aromatic heterocycles. The molecular weight excluding hydrogens is 201 g/mol. The number of nitrogens with zero attached hydrogens (tertiary/aromatic N) is 1. The summed E-state index contributed by atoms with van der Waals surface area (Å²) < 4.78 is 13.9. The summed E-state index contributed by atoms with van der Waals surface area (Å²) in [5, 5.41) is 0. The third-order valence-corrected chi connectivity index (χ3v) is 3.44. The zero-order valence-corrected chi connectivity index (χ0v) is 10.3. The third kappa shape index (κ3) is 2.43. The van der Waals surface area contributed by atoms with E-state index in [1.807, 2.05) is 18.2 Å². The van der Waals surface area contributed by atoms with Gasteiger partial charge in [0.05, 0.1) is 0 Å². The minimum absolute atomic E-state index is 0.576. The molecule has 0 N–H and O–H groups in total. The van der Waals surface area contributed by atoms with Crippen molar-refractivity contribution in [3.05, 3.63) is 35.4 Å². The number of likely N-dealkylation sites (N-methyl/N-ethyl adjacent to an activating group) is 1. The molecular formula is C14H20FN. The first-order valence-electron chi connectivity index (χ1n) is 5.95. The van der Waals surface area contributed by atoms with Gasteiger partial charge in [-0.2, -0.15) is 0 Å². The highest BCUT2D eigenvalue weighted by Gasteiger charge is 2.24. The van der Waals surface area contributed by atoms with E-state index in [-0.39, 0.29) is 0 Å². The lowest BCUT2D eigenvalue weighted by Gasteiger charge is -2.18. The second-order valence-electron chi connectivity index (χ2n) is 5.35. The summed E-state index contributed by atoms with van der Waals surface area (Å²) >= 11 is 0. The molecule has 1 atom stereocenters. The topological polar surface area (TPSA) is 3.24 Å². The maximum atomic E-state index is 13.9. The van der Waals surface area contributed by atoms with Crippen molar-refractivity contribution in [1.29, 1.82) is 0 Å². The van der Waals surface area contributed by atoms with Crippen LogP contribution in [0.4, 0.5) is 4.39 Å². The van der Waals surface area contributed by atoms with Crippen molar-refractivity contribution < 1.29 is 4.39 Å². The molecule has 0 aliphatic carbocycles. The highest BCUT2D eigenvalue weighted by molar-refractivity contribution is 5.30. The van der Waals surface area contributed by atoms with Crippen LogP contribution in [0, 0.1) is 0 Å². The molecule has 0 radical (unpaired) electrons. The van der Waals surface area contributed by atoms with Gasteiger partial charge in [0.15, 0.2) is 0 Å². The molecule has 1 unspecified atom stereocenters. The normalized spacial score (nSPS) is 22.6. The number of likely N-dealkylation sites (tertiary alicyclic amines) is 1. The molecule has 0 amide bonds. The van der Waals surface area contributed by atoms with E-state index in [1.54, 1.807) is 13.8 Å². The van der Waals surface area contributed by atoms with E-state index in [4.69, 9.17) is 0 Å². The Balaban J connectivity index is 2.23. The van der Waals surface area contributed by atoms with Crippen molar-refractivity contribution in [2.24, 2.45) is 0 Å². The summed E-state index contributed by atoms with van der Waals surface area (Å²) in [5.74, 6) is 0.576. The Morgan fingerprint density at radius 1 is 1.38 bits per heavy atom. The smallest absolute Gasteiger partial charge is 0.130 e. The van der Waals surface area contributed by atoms with Crippen LogP contribution < -0.4 is 0 Å². The summed E-state index contributed by atoms with van der Waals surface area (Å²) in [4.78, 5) is 2.33. The average molecular weight is 221 g/mol. The van der Waals surface area contributed by atoms with Gasteiger partial charge in [-0.25, -0.2) is 4.39 Å². The molecule has 16 heavy (non-hydrogen) atoms. The minimum Gasteiger partial charge on any atom is -0.306 e. The molecule has 88 valence electrons. The number of alkyl halides is 1. The molecule has 1 aromatic rings. The van der Waals surface area contributed by atoms with Crippen molar-refractivity contribution in [3.63, 3.8) is 0 Å². The standard InChI is InChI=1S/C14H20FN/c1-14(2,15)13-6-4-5-11(9-13)12-7-8-16(3)10-12/h4-6,9,12H,7-8,10H2,1-3H3. The third-order valence-electron chi connectivity index (χ3n) is 3.44. The number of benzene rings is 1. The average Bonchev–Trinajstić information content (AvgIpc) is 2.64. The Morgan fingerprint density at radius 3 is 2.69 bits per heavy atom. The molecule has 1 saturated heterocycles. The lowest BCUT2D eigenvalue weighted by Crippen LogP contribution is -2.14. The monoisotopic (exact) mass is 221 g/mol. The summed E-state index contributed by atoms with van der Waals surface area (Å²) in [5.41, 5.74) is 0.840. The molecule has 1 fully saturated rings. The van der Waals surface area contributed by atoms with Gasteiger partial charge >= 0.3 is 0 Å². The maximum Gasteiger partial charge on any atom is 0.130 e. The molecule has 1 aliphatic rings. The van der Waals surface area contributed by atoms with Crippen LogP contribution in [0.25, 0.3) is 0 Å². The maximum absolute atomic E-state index is 13.9. The molecule has 0 saturated carbocycles. The predicted molar refractivity (Wildman–Crippen MR) is 65.4 cm³/mol. The summed E-state index contributed by atoms with van der Waals surface area (Å²) in [7, 11) is 2.14. The van der Waals surface area contributed by atoms with Crippen LogP contribution in [0.5, 0.6) is 0 Å². The van der Waals surface area contributed by atoms with Crippen molar-refractivity contribution >= 4 is 0 Å². The Bertz CT molecular complexity index is 367. The van der Waals surface area contributed by atoms with E-state index < -0.39 is 5.67 Å². The Morgan fingerprint density at radius 2 is 2.12 bits per heavy atom. The summed E-state index contributed by atoms with van der Waals surface area (Å²) in [6.07, 6.45) is 1.19. The summed E-state index contributed by atoms with van der Waals surface area (Å²) in [6, 6.07) is 8.01. The molecule has 1 aliphatic heterocycles. The Labute approximate surface area is 97.3 Å². The molecule has 1 heterocycles. The van der Waals surface area contributed by atoms with Gasteiger partial charge in [0.2, 0.25) is 0 Å². The van der Waals surface area contributed by atoms with E-state index in [2.05, 4.69) is 18.0 Å². The van der Waals surface area contributed by atoms with Crippen LogP contribution in [-0.2, 0) is 5.67 Å². The first kappa shape index (κ1) is 11.6. The van der Waals surface area contributed by atoms with Crippen LogP contribution in [0.15, 0.2) is 24.3 Å². The van der Waals surface area contributed by atoms with E-state index in [9.17, 15) is 4.39 Å². The Hall–Kier alpha value is -0.890. The molecule has 0 bridgehead atoms. The first-order chi connectivity index (χ1) is 7.47. The number of hydrogen-bond acceptors (Lipinski definition) is 1. The zero-order valence-electron chi connectivity index (χ0n) is 10.3. The largest absolute Gasteiger partial charge is 0.306 e. The lowest BCUT2D eigenvalue weighted by atomic mass is 9.92. The van der Waals surface area contributed by atoms with E-state index in [1.165, 1.54) is 12.0 Å². The quantitative estimate of drug-likeness (QED) is 0.740. The van der Waals surface area contributed by atoms with Gasteiger partial charge in [0.1, 0.15) is 5.67 Å². The Kier molecular flexibility index (Phi) is 3.02.